The van der Waals surface area contributed by atoms with Crippen molar-refractivity contribution in [2.75, 3.05) is 12.8 Å². The van der Waals surface area contributed by atoms with E-state index in [0.29, 0.717) is 17.0 Å². The number of rotatable bonds is 3. The standard InChI is InChI=1S/C13H12N2O3/c1-18-13-8-12(15(16)17)10(7-11(13)14)9-5-3-2-4-6-9/h2-8H,14H2,1H3. The van der Waals surface area contributed by atoms with Crippen molar-refractivity contribution in [1.82, 2.24) is 0 Å². The van der Waals surface area contributed by atoms with Gasteiger partial charge in [-0.2, -0.15) is 0 Å². The molecule has 0 aliphatic heterocycles. The molecule has 0 radical (unpaired) electrons. The minimum absolute atomic E-state index is 0.0211. The Bertz CT molecular complexity index is 582. The SMILES string of the molecule is COc1cc([N+](=O)[O-])c(-c2ccccc2)cc1N. The van der Waals surface area contributed by atoms with Crippen LogP contribution in [0.5, 0.6) is 5.75 Å². The second kappa shape index (κ2) is 4.75. The lowest BCUT2D eigenvalue weighted by Gasteiger charge is -2.08. The van der Waals surface area contributed by atoms with Gasteiger partial charge in [-0.3, -0.25) is 10.1 Å². The molecule has 2 aromatic carbocycles. The van der Waals surface area contributed by atoms with Crippen LogP contribution in [0.4, 0.5) is 11.4 Å². The summed E-state index contributed by atoms with van der Waals surface area (Å²) < 4.78 is 5.00. The molecule has 0 unspecified atom stereocenters. The smallest absolute Gasteiger partial charge is 0.281 e. The predicted octanol–water partition coefficient (Wildman–Crippen LogP) is 2.85. The van der Waals surface area contributed by atoms with Crippen LogP contribution < -0.4 is 10.5 Å². The number of nitrogen functional groups attached to an aromatic ring is 1. The third kappa shape index (κ3) is 2.10. The van der Waals surface area contributed by atoms with Crippen LogP contribution in [0.25, 0.3) is 11.1 Å². The fourth-order valence-corrected chi connectivity index (χ4v) is 1.76. The van der Waals surface area contributed by atoms with E-state index in [1.165, 1.54) is 13.2 Å². The van der Waals surface area contributed by atoms with Gasteiger partial charge in [0.1, 0.15) is 5.75 Å². The summed E-state index contributed by atoms with van der Waals surface area (Å²) in [6, 6.07) is 12.0. The quantitative estimate of drug-likeness (QED) is 0.511. The number of methoxy groups -OCH3 is 1. The van der Waals surface area contributed by atoms with Gasteiger partial charge in [-0.25, -0.2) is 0 Å². The summed E-state index contributed by atoms with van der Waals surface area (Å²) in [4.78, 5) is 10.6. The Morgan fingerprint density at radius 1 is 1.22 bits per heavy atom. The normalized spacial score (nSPS) is 10.1. The molecular weight excluding hydrogens is 232 g/mol. The van der Waals surface area contributed by atoms with Crippen molar-refractivity contribution in [2.45, 2.75) is 0 Å². The first-order chi connectivity index (χ1) is 8.63. The highest BCUT2D eigenvalue weighted by Gasteiger charge is 2.18. The molecular formula is C13H12N2O3. The van der Waals surface area contributed by atoms with Gasteiger partial charge in [0.2, 0.25) is 0 Å². The molecule has 0 saturated heterocycles. The molecule has 2 rings (SSSR count). The predicted molar refractivity (Wildman–Crippen MR) is 69.5 cm³/mol. The Balaban J connectivity index is 2.66. The second-order valence-electron chi connectivity index (χ2n) is 3.73. The number of nitrogens with two attached hydrogens (primary N) is 1. The van der Waals surface area contributed by atoms with Gasteiger partial charge in [-0.05, 0) is 11.6 Å². The molecule has 0 spiro atoms. The van der Waals surface area contributed by atoms with E-state index in [2.05, 4.69) is 0 Å². The molecule has 92 valence electrons. The molecule has 0 heterocycles. The highest BCUT2D eigenvalue weighted by molar-refractivity contribution is 5.79. The molecule has 0 amide bonds. The summed E-state index contributed by atoms with van der Waals surface area (Å²) in [6.45, 7) is 0. The second-order valence-corrected chi connectivity index (χ2v) is 3.73. The van der Waals surface area contributed by atoms with Gasteiger partial charge in [0.05, 0.1) is 29.4 Å². The van der Waals surface area contributed by atoms with Gasteiger partial charge in [0, 0.05) is 0 Å². The number of benzene rings is 2. The molecule has 0 aromatic heterocycles. The molecule has 5 nitrogen and oxygen atoms in total. The van der Waals surface area contributed by atoms with Crippen LogP contribution in [0.2, 0.25) is 0 Å². The maximum atomic E-state index is 11.1. The fraction of sp³-hybridized carbons (Fsp3) is 0.0769. The summed E-state index contributed by atoms with van der Waals surface area (Å²) in [5, 5.41) is 11.1. The van der Waals surface area contributed by atoms with Crippen molar-refractivity contribution in [3.8, 4) is 16.9 Å². The molecule has 0 fully saturated rings. The zero-order chi connectivity index (χ0) is 13.1. The molecule has 2 N–H and O–H groups in total. The van der Waals surface area contributed by atoms with E-state index in [-0.39, 0.29) is 5.69 Å². The molecule has 2 aromatic rings. The third-order valence-electron chi connectivity index (χ3n) is 2.63. The molecule has 18 heavy (non-hydrogen) atoms. The molecule has 0 saturated carbocycles. The van der Waals surface area contributed by atoms with Crippen LogP contribution in [0.1, 0.15) is 0 Å². The highest BCUT2D eigenvalue weighted by Crippen LogP contribution is 2.36. The zero-order valence-corrected chi connectivity index (χ0v) is 9.79. The van der Waals surface area contributed by atoms with E-state index >= 15 is 0 Å². The van der Waals surface area contributed by atoms with E-state index in [1.807, 2.05) is 18.2 Å². The fourth-order valence-electron chi connectivity index (χ4n) is 1.76. The summed E-state index contributed by atoms with van der Waals surface area (Å²) >= 11 is 0. The maximum absolute atomic E-state index is 11.1. The van der Waals surface area contributed by atoms with E-state index in [0.717, 1.165) is 5.56 Å². The Morgan fingerprint density at radius 3 is 2.44 bits per heavy atom. The first-order valence-electron chi connectivity index (χ1n) is 5.31. The lowest BCUT2D eigenvalue weighted by Crippen LogP contribution is -1.98. The Hall–Kier alpha value is -2.56. The highest BCUT2D eigenvalue weighted by atomic mass is 16.6. The van der Waals surface area contributed by atoms with Crippen LogP contribution in [0, 0.1) is 10.1 Å². The van der Waals surface area contributed by atoms with Crippen LogP contribution in [-0.4, -0.2) is 12.0 Å². The first-order valence-corrected chi connectivity index (χ1v) is 5.31. The summed E-state index contributed by atoms with van der Waals surface area (Å²) in [5.74, 6) is 0.307. The largest absolute Gasteiger partial charge is 0.494 e. The number of nitro groups is 1. The van der Waals surface area contributed by atoms with Gasteiger partial charge >= 0.3 is 0 Å². The Labute approximate surface area is 104 Å². The van der Waals surface area contributed by atoms with Crippen LogP contribution in [0.15, 0.2) is 42.5 Å². The number of hydrogen-bond donors (Lipinski definition) is 1. The minimum atomic E-state index is -0.440. The van der Waals surface area contributed by atoms with Crippen molar-refractivity contribution >= 4 is 11.4 Å². The topological polar surface area (TPSA) is 78.4 Å². The van der Waals surface area contributed by atoms with Gasteiger partial charge in [0.15, 0.2) is 0 Å². The number of anilines is 1. The van der Waals surface area contributed by atoms with Gasteiger partial charge < -0.3 is 10.5 Å². The van der Waals surface area contributed by atoms with Gasteiger partial charge in [-0.1, -0.05) is 30.3 Å². The number of ether oxygens (including phenoxy) is 1. The molecule has 5 heteroatoms. The van der Waals surface area contributed by atoms with Crippen molar-refractivity contribution in [3.05, 3.63) is 52.6 Å². The first kappa shape index (κ1) is 11.9. The maximum Gasteiger partial charge on any atom is 0.281 e. The average molecular weight is 244 g/mol. The van der Waals surface area contributed by atoms with E-state index < -0.39 is 4.92 Å². The minimum Gasteiger partial charge on any atom is -0.494 e. The molecule has 0 aliphatic carbocycles. The van der Waals surface area contributed by atoms with Gasteiger partial charge in [-0.15, -0.1) is 0 Å². The van der Waals surface area contributed by atoms with Crippen molar-refractivity contribution in [1.29, 1.82) is 0 Å². The van der Waals surface area contributed by atoms with Crippen molar-refractivity contribution in [2.24, 2.45) is 0 Å². The van der Waals surface area contributed by atoms with Crippen molar-refractivity contribution in [3.63, 3.8) is 0 Å². The number of hydrogen-bond acceptors (Lipinski definition) is 4. The lowest BCUT2D eigenvalue weighted by molar-refractivity contribution is -0.384. The monoisotopic (exact) mass is 244 g/mol. The summed E-state index contributed by atoms with van der Waals surface area (Å²) in [6.07, 6.45) is 0. The number of nitro benzene ring substituents is 1. The molecule has 0 bridgehead atoms. The van der Waals surface area contributed by atoms with E-state index in [9.17, 15) is 10.1 Å². The summed E-state index contributed by atoms with van der Waals surface area (Å²) in [7, 11) is 1.43. The Morgan fingerprint density at radius 2 is 1.89 bits per heavy atom. The third-order valence-corrected chi connectivity index (χ3v) is 2.63. The summed E-state index contributed by atoms with van der Waals surface area (Å²) in [5.41, 5.74) is 7.38. The van der Waals surface area contributed by atoms with Crippen LogP contribution in [0.3, 0.4) is 0 Å². The van der Waals surface area contributed by atoms with E-state index in [1.54, 1.807) is 18.2 Å². The van der Waals surface area contributed by atoms with Gasteiger partial charge in [0.25, 0.3) is 5.69 Å². The van der Waals surface area contributed by atoms with Crippen molar-refractivity contribution < 1.29 is 9.66 Å². The lowest BCUT2D eigenvalue weighted by atomic mass is 10.0. The average Bonchev–Trinajstić information content (AvgIpc) is 2.39. The Kier molecular flexibility index (Phi) is 3.14. The number of nitrogens with zero attached hydrogens (tertiary/aromatic N) is 1. The molecule has 0 aliphatic rings. The van der Waals surface area contributed by atoms with Crippen LogP contribution in [-0.2, 0) is 0 Å². The molecule has 0 atom stereocenters. The van der Waals surface area contributed by atoms with Crippen LogP contribution >= 0.6 is 0 Å². The van der Waals surface area contributed by atoms with E-state index in [4.69, 9.17) is 10.5 Å². The zero-order valence-electron chi connectivity index (χ0n) is 9.79.